The third kappa shape index (κ3) is 4.27. The molecule has 0 saturated carbocycles. The van der Waals surface area contributed by atoms with Crippen LogP contribution >= 0.6 is 31.9 Å². The van der Waals surface area contributed by atoms with Crippen LogP contribution in [0.1, 0.15) is 15.9 Å². The van der Waals surface area contributed by atoms with E-state index in [1.165, 1.54) is 13.3 Å². The van der Waals surface area contributed by atoms with Crippen LogP contribution in [0.3, 0.4) is 0 Å². The van der Waals surface area contributed by atoms with Crippen LogP contribution < -0.4 is 14.9 Å². The first-order chi connectivity index (χ1) is 11.5. The van der Waals surface area contributed by atoms with Crippen LogP contribution in [0, 0.1) is 0 Å². The van der Waals surface area contributed by atoms with Crippen molar-refractivity contribution in [3.8, 4) is 17.2 Å². The summed E-state index contributed by atoms with van der Waals surface area (Å²) >= 11 is 6.55. The second kappa shape index (κ2) is 8.16. The van der Waals surface area contributed by atoms with Crippen LogP contribution in [-0.2, 0) is 0 Å². The van der Waals surface area contributed by atoms with E-state index in [4.69, 9.17) is 9.47 Å². The van der Waals surface area contributed by atoms with Crippen molar-refractivity contribution >= 4 is 44.0 Å². The minimum absolute atomic E-state index is 0.00164. The lowest BCUT2D eigenvalue weighted by molar-refractivity contribution is 0.0955. The van der Waals surface area contributed by atoms with Gasteiger partial charge < -0.3 is 14.6 Å². The molecule has 0 aliphatic carbocycles. The predicted molar refractivity (Wildman–Crippen MR) is 98.1 cm³/mol. The summed E-state index contributed by atoms with van der Waals surface area (Å²) in [6.45, 7) is 0. The number of benzene rings is 2. The molecule has 126 valence electrons. The van der Waals surface area contributed by atoms with Crippen LogP contribution in [0.15, 0.2) is 44.4 Å². The summed E-state index contributed by atoms with van der Waals surface area (Å²) in [6.07, 6.45) is 1.45. The Morgan fingerprint density at radius 1 is 1.12 bits per heavy atom. The van der Waals surface area contributed by atoms with Gasteiger partial charge in [-0.3, -0.25) is 4.79 Å². The molecule has 0 aromatic heterocycles. The molecule has 0 spiro atoms. The molecule has 0 aliphatic heterocycles. The molecule has 0 saturated heterocycles. The lowest BCUT2D eigenvalue weighted by Gasteiger charge is -2.06. The topological polar surface area (TPSA) is 80.2 Å². The Balaban J connectivity index is 2.10. The normalized spacial score (nSPS) is 10.7. The van der Waals surface area contributed by atoms with E-state index in [0.29, 0.717) is 31.6 Å². The first-order valence-electron chi connectivity index (χ1n) is 6.69. The van der Waals surface area contributed by atoms with E-state index in [-0.39, 0.29) is 11.7 Å². The van der Waals surface area contributed by atoms with Crippen molar-refractivity contribution in [1.82, 2.24) is 5.43 Å². The summed E-state index contributed by atoms with van der Waals surface area (Å²) in [5, 5.41) is 13.7. The summed E-state index contributed by atoms with van der Waals surface area (Å²) in [4.78, 5) is 12.1. The highest BCUT2D eigenvalue weighted by Crippen LogP contribution is 2.34. The predicted octanol–water partition coefficient (Wildman–Crippen LogP) is 3.70. The zero-order valence-electron chi connectivity index (χ0n) is 12.8. The van der Waals surface area contributed by atoms with Crippen molar-refractivity contribution in [3.05, 3.63) is 50.4 Å². The van der Waals surface area contributed by atoms with Gasteiger partial charge in [0, 0.05) is 5.56 Å². The fraction of sp³-hybridized carbons (Fsp3) is 0.125. The van der Waals surface area contributed by atoms with E-state index < -0.39 is 0 Å². The molecule has 8 heteroatoms. The van der Waals surface area contributed by atoms with Crippen molar-refractivity contribution < 1.29 is 19.4 Å². The van der Waals surface area contributed by atoms with E-state index >= 15 is 0 Å². The van der Waals surface area contributed by atoms with Crippen LogP contribution in [-0.4, -0.2) is 31.4 Å². The van der Waals surface area contributed by atoms with Crippen LogP contribution in [0.5, 0.6) is 17.2 Å². The van der Waals surface area contributed by atoms with Gasteiger partial charge in [-0.15, -0.1) is 0 Å². The number of nitrogens with zero attached hydrogens (tertiary/aromatic N) is 1. The molecule has 2 N–H and O–H groups in total. The number of methoxy groups -OCH3 is 2. The standard InChI is InChI=1S/C16H14Br2N2O4/c1-23-13-4-3-10(7-11(13)17)16(22)20-19-8-9-5-12(18)15(21)14(6-9)24-2/h3-8,21H,1-2H3,(H,20,22)/b19-8+. The zero-order chi connectivity index (χ0) is 17.7. The molecule has 0 radical (unpaired) electrons. The van der Waals surface area contributed by atoms with Gasteiger partial charge in [-0.05, 0) is 67.8 Å². The number of phenolic OH excluding ortho intramolecular Hbond substituents is 1. The fourth-order valence-electron chi connectivity index (χ4n) is 1.86. The average Bonchev–Trinajstić information content (AvgIpc) is 2.57. The fourth-order valence-corrected chi connectivity index (χ4v) is 2.86. The van der Waals surface area contributed by atoms with Crippen molar-refractivity contribution in [2.24, 2.45) is 5.10 Å². The molecule has 0 fully saturated rings. The van der Waals surface area contributed by atoms with Crippen molar-refractivity contribution in [3.63, 3.8) is 0 Å². The lowest BCUT2D eigenvalue weighted by atomic mass is 10.2. The Morgan fingerprint density at radius 2 is 1.83 bits per heavy atom. The molecule has 0 heterocycles. The summed E-state index contributed by atoms with van der Waals surface area (Å²) in [6, 6.07) is 8.21. The van der Waals surface area contributed by atoms with Gasteiger partial charge in [-0.1, -0.05) is 0 Å². The number of amides is 1. The summed E-state index contributed by atoms with van der Waals surface area (Å²) in [5.74, 6) is 0.577. The van der Waals surface area contributed by atoms with E-state index in [9.17, 15) is 9.90 Å². The Morgan fingerprint density at radius 3 is 2.46 bits per heavy atom. The Kier molecular flexibility index (Phi) is 6.22. The first-order valence-corrected chi connectivity index (χ1v) is 8.28. The molecule has 0 aliphatic rings. The van der Waals surface area contributed by atoms with E-state index in [1.807, 2.05) is 0 Å². The van der Waals surface area contributed by atoms with Crippen molar-refractivity contribution in [2.75, 3.05) is 14.2 Å². The van der Waals surface area contributed by atoms with Gasteiger partial charge >= 0.3 is 0 Å². The van der Waals surface area contributed by atoms with E-state index in [1.54, 1.807) is 37.4 Å². The number of nitrogens with one attached hydrogen (secondary N) is 1. The summed E-state index contributed by atoms with van der Waals surface area (Å²) in [7, 11) is 3.00. The largest absolute Gasteiger partial charge is 0.503 e. The van der Waals surface area contributed by atoms with Gasteiger partial charge in [-0.2, -0.15) is 5.10 Å². The third-order valence-corrected chi connectivity index (χ3v) is 4.29. The molecular formula is C16H14Br2N2O4. The number of carbonyl (C=O) groups excluding carboxylic acids is 1. The van der Waals surface area contributed by atoms with Gasteiger partial charge in [0.05, 0.1) is 29.4 Å². The number of rotatable bonds is 5. The Labute approximate surface area is 155 Å². The molecule has 0 unspecified atom stereocenters. The number of hydrogen-bond acceptors (Lipinski definition) is 5. The third-order valence-electron chi connectivity index (χ3n) is 3.06. The number of ether oxygens (including phenoxy) is 2. The first kappa shape index (κ1) is 18.3. The molecule has 2 aromatic carbocycles. The van der Waals surface area contributed by atoms with Crippen LogP contribution in [0.2, 0.25) is 0 Å². The average molecular weight is 458 g/mol. The van der Waals surface area contributed by atoms with Gasteiger partial charge in [0.1, 0.15) is 5.75 Å². The number of carbonyl (C=O) groups is 1. The number of hydrazone groups is 1. The summed E-state index contributed by atoms with van der Waals surface area (Å²) in [5.41, 5.74) is 3.51. The van der Waals surface area contributed by atoms with Crippen LogP contribution in [0.4, 0.5) is 0 Å². The molecule has 24 heavy (non-hydrogen) atoms. The molecule has 0 bridgehead atoms. The highest BCUT2D eigenvalue weighted by Gasteiger charge is 2.09. The highest BCUT2D eigenvalue weighted by atomic mass is 79.9. The number of halogens is 2. The Hall–Kier alpha value is -2.06. The second-order valence-electron chi connectivity index (χ2n) is 4.60. The number of phenols is 1. The molecule has 2 aromatic rings. The molecule has 0 atom stereocenters. The molecule has 6 nitrogen and oxygen atoms in total. The second-order valence-corrected chi connectivity index (χ2v) is 6.31. The minimum Gasteiger partial charge on any atom is -0.503 e. The maximum absolute atomic E-state index is 12.1. The zero-order valence-corrected chi connectivity index (χ0v) is 16.0. The molecule has 2 rings (SSSR count). The SMILES string of the molecule is COc1ccc(C(=O)N/N=C/c2cc(Br)c(O)c(OC)c2)cc1Br. The smallest absolute Gasteiger partial charge is 0.271 e. The van der Waals surface area contributed by atoms with Crippen molar-refractivity contribution in [2.45, 2.75) is 0 Å². The Bertz CT molecular complexity index is 794. The molecule has 1 amide bonds. The van der Waals surface area contributed by atoms with Gasteiger partial charge in [0.2, 0.25) is 0 Å². The summed E-state index contributed by atoms with van der Waals surface area (Å²) < 4.78 is 11.3. The minimum atomic E-state index is -0.362. The van der Waals surface area contributed by atoms with Crippen LogP contribution in [0.25, 0.3) is 0 Å². The highest BCUT2D eigenvalue weighted by molar-refractivity contribution is 9.10. The maximum atomic E-state index is 12.1. The number of aromatic hydroxyl groups is 1. The van der Waals surface area contributed by atoms with E-state index in [2.05, 4.69) is 42.4 Å². The van der Waals surface area contributed by atoms with E-state index in [0.717, 1.165) is 0 Å². The molecular weight excluding hydrogens is 444 g/mol. The van der Waals surface area contributed by atoms with Crippen molar-refractivity contribution in [1.29, 1.82) is 0 Å². The quantitative estimate of drug-likeness (QED) is 0.530. The van der Waals surface area contributed by atoms with Gasteiger partial charge in [0.15, 0.2) is 11.5 Å². The maximum Gasteiger partial charge on any atom is 0.271 e. The monoisotopic (exact) mass is 456 g/mol. The van der Waals surface area contributed by atoms with Gasteiger partial charge in [0.25, 0.3) is 5.91 Å². The number of hydrogen-bond donors (Lipinski definition) is 2. The van der Waals surface area contributed by atoms with Gasteiger partial charge in [-0.25, -0.2) is 5.43 Å². The lowest BCUT2D eigenvalue weighted by Crippen LogP contribution is -2.17.